The van der Waals surface area contributed by atoms with Crippen molar-refractivity contribution in [2.45, 2.75) is 97.4 Å². The normalized spacial score (nSPS) is 17.7. The minimum absolute atomic E-state index is 0.108. The van der Waals surface area contributed by atoms with Crippen LogP contribution in [0.1, 0.15) is 104 Å². The molecular weight excluding hydrogens is 504 g/mol. The molecule has 5 rings (SSSR count). The molecule has 0 aromatic carbocycles. The zero-order valence-corrected chi connectivity index (χ0v) is 23.9. The molecule has 3 aromatic heterocycles. The summed E-state index contributed by atoms with van der Waals surface area (Å²) in [5.41, 5.74) is 10.3. The van der Waals surface area contributed by atoms with Gasteiger partial charge in [-0.25, -0.2) is 4.98 Å². The molecule has 0 aliphatic heterocycles. The van der Waals surface area contributed by atoms with Gasteiger partial charge in [-0.1, -0.05) is 64.2 Å². The number of nitrogens with two attached hydrogens (primary N) is 1. The van der Waals surface area contributed by atoms with Crippen LogP contribution in [0.25, 0.3) is 11.3 Å². The van der Waals surface area contributed by atoms with Crippen molar-refractivity contribution in [3.8, 4) is 11.3 Å². The quantitative estimate of drug-likeness (QED) is 0.332. The van der Waals surface area contributed by atoms with Gasteiger partial charge in [-0.05, 0) is 38.5 Å². The van der Waals surface area contributed by atoms with Gasteiger partial charge in [0.1, 0.15) is 5.69 Å². The number of aromatic nitrogens is 6. The monoisotopic (exact) mass is 546 g/mol. The molecule has 2 aliphatic carbocycles. The fraction of sp³-hybridized carbons (Fsp3) is 0.600. The Labute approximate surface area is 235 Å². The topological polar surface area (TPSA) is 144 Å². The summed E-state index contributed by atoms with van der Waals surface area (Å²) >= 11 is 0. The summed E-state index contributed by atoms with van der Waals surface area (Å²) in [5.74, 6) is 0.0559. The van der Waals surface area contributed by atoms with E-state index in [2.05, 4.69) is 30.6 Å². The third-order valence-electron chi connectivity index (χ3n) is 9.08. The van der Waals surface area contributed by atoms with E-state index in [9.17, 15) is 9.59 Å². The average molecular weight is 547 g/mol. The van der Waals surface area contributed by atoms with Crippen LogP contribution in [0.2, 0.25) is 0 Å². The third kappa shape index (κ3) is 5.67. The maximum Gasteiger partial charge on any atom is 0.267 e. The number of anilines is 1. The summed E-state index contributed by atoms with van der Waals surface area (Å²) in [5, 5.41) is 14.8. The van der Waals surface area contributed by atoms with E-state index >= 15 is 0 Å². The summed E-state index contributed by atoms with van der Waals surface area (Å²) in [6.07, 6.45) is 16.6. The molecule has 0 bridgehead atoms. The van der Waals surface area contributed by atoms with E-state index < -0.39 is 11.8 Å². The first-order valence-corrected chi connectivity index (χ1v) is 14.9. The maximum absolute atomic E-state index is 14.4. The molecular formula is C30H42N8O2. The Bertz CT molecular complexity index is 1280. The van der Waals surface area contributed by atoms with E-state index in [0.717, 1.165) is 42.6 Å². The molecule has 3 aromatic rings. The van der Waals surface area contributed by atoms with Crippen molar-refractivity contribution in [1.82, 2.24) is 29.9 Å². The summed E-state index contributed by atoms with van der Waals surface area (Å²) in [7, 11) is 0. The zero-order chi connectivity index (χ0) is 28.2. The van der Waals surface area contributed by atoms with Gasteiger partial charge in [0.2, 0.25) is 5.91 Å². The van der Waals surface area contributed by atoms with Gasteiger partial charge in [-0.2, -0.15) is 10.2 Å². The van der Waals surface area contributed by atoms with E-state index in [-0.39, 0.29) is 11.8 Å². The molecule has 2 amide bonds. The number of carbonyl (C=O) groups is 2. The second-order valence-corrected chi connectivity index (χ2v) is 11.6. The van der Waals surface area contributed by atoms with Crippen molar-refractivity contribution in [3.05, 3.63) is 41.2 Å². The smallest absolute Gasteiger partial charge is 0.267 e. The molecule has 10 nitrogen and oxygen atoms in total. The lowest BCUT2D eigenvalue weighted by molar-refractivity contribution is -0.120. The number of aromatic amines is 1. The van der Waals surface area contributed by atoms with Crippen molar-refractivity contribution < 1.29 is 9.59 Å². The largest absolute Gasteiger partial charge is 0.364 e. The molecule has 2 aliphatic rings. The fourth-order valence-electron chi connectivity index (χ4n) is 7.28. The van der Waals surface area contributed by atoms with Crippen molar-refractivity contribution in [3.63, 3.8) is 0 Å². The van der Waals surface area contributed by atoms with E-state index in [4.69, 9.17) is 5.73 Å². The Morgan fingerprint density at radius 1 is 1.00 bits per heavy atom. The first-order chi connectivity index (χ1) is 19.4. The van der Waals surface area contributed by atoms with E-state index in [1.54, 1.807) is 23.3 Å². The number of nitrogens with one attached hydrogen (secondary N) is 2. The first-order valence-electron chi connectivity index (χ1n) is 14.9. The lowest BCUT2D eigenvalue weighted by Crippen LogP contribution is -2.39. The van der Waals surface area contributed by atoms with Crippen LogP contribution in [0.5, 0.6) is 0 Å². The van der Waals surface area contributed by atoms with Gasteiger partial charge in [-0.3, -0.25) is 24.4 Å². The summed E-state index contributed by atoms with van der Waals surface area (Å²) in [4.78, 5) is 36.2. The highest BCUT2D eigenvalue weighted by atomic mass is 16.2. The van der Waals surface area contributed by atoms with Crippen molar-refractivity contribution in [1.29, 1.82) is 0 Å². The van der Waals surface area contributed by atoms with Crippen LogP contribution in [0, 0.1) is 31.6 Å². The van der Waals surface area contributed by atoms with Crippen LogP contribution in [0.3, 0.4) is 0 Å². The average Bonchev–Trinajstić information content (AvgIpc) is 3.55. The number of hydrogen-bond acceptors (Lipinski definition) is 6. The summed E-state index contributed by atoms with van der Waals surface area (Å²) < 4.78 is 1.63. The number of nitrogens with zero attached hydrogens (tertiary/aromatic N) is 5. The van der Waals surface area contributed by atoms with Gasteiger partial charge in [0, 0.05) is 23.4 Å². The second kappa shape index (κ2) is 12.3. The number of primary amides is 1. The number of amides is 2. The van der Waals surface area contributed by atoms with Crippen molar-refractivity contribution in [2.75, 3.05) is 5.32 Å². The molecule has 1 atom stereocenters. The molecule has 2 fully saturated rings. The minimum atomic E-state index is -0.548. The molecule has 2 saturated carbocycles. The lowest BCUT2D eigenvalue weighted by Gasteiger charge is -2.41. The van der Waals surface area contributed by atoms with Gasteiger partial charge < -0.3 is 11.1 Å². The number of aryl methyl sites for hydroxylation is 3. The van der Waals surface area contributed by atoms with Crippen LogP contribution >= 0.6 is 0 Å². The lowest BCUT2D eigenvalue weighted by atomic mass is 9.63. The molecule has 40 heavy (non-hydrogen) atoms. The number of carbonyl (C=O) groups excluding carboxylic acids is 2. The maximum atomic E-state index is 14.4. The first kappa shape index (κ1) is 28.0. The van der Waals surface area contributed by atoms with Crippen LogP contribution in [-0.2, 0) is 11.3 Å². The Kier molecular flexibility index (Phi) is 8.61. The number of H-pyrrole nitrogens is 1. The predicted octanol–water partition coefficient (Wildman–Crippen LogP) is 5.30. The minimum Gasteiger partial charge on any atom is -0.364 e. The van der Waals surface area contributed by atoms with Crippen molar-refractivity contribution in [2.24, 2.45) is 23.5 Å². The highest BCUT2D eigenvalue weighted by Crippen LogP contribution is 2.48. The van der Waals surface area contributed by atoms with Gasteiger partial charge in [-0.15, -0.1) is 0 Å². The van der Waals surface area contributed by atoms with Gasteiger partial charge in [0.05, 0.1) is 35.9 Å². The Morgan fingerprint density at radius 3 is 2.15 bits per heavy atom. The van der Waals surface area contributed by atoms with Crippen LogP contribution in [0.15, 0.2) is 18.6 Å². The Hall–Kier alpha value is -3.56. The number of rotatable bonds is 9. The second-order valence-electron chi connectivity index (χ2n) is 11.6. The molecule has 1 unspecified atom stereocenters. The van der Waals surface area contributed by atoms with Crippen molar-refractivity contribution >= 4 is 17.6 Å². The molecule has 0 spiro atoms. The summed E-state index contributed by atoms with van der Waals surface area (Å²) in [6.45, 7) is 6.30. The van der Waals surface area contributed by atoms with Crippen LogP contribution in [0.4, 0.5) is 5.82 Å². The fourth-order valence-corrected chi connectivity index (χ4v) is 7.28. The molecule has 214 valence electrons. The molecule has 0 saturated heterocycles. The third-order valence-corrected chi connectivity index (χ3v) is 9.08. The molecule has 0 radical (unpaired) electrons. The molecule has 3 heterocycles. The number of hydrogen-bond donors (Lipinski definition) is 3. The molecule has 4 N–H and O–H groups in total. The Morgan fingerprint density at radius 2 is 1.65 bits per heavy atom. The van der Waals surface area contributed by atoms with E-state index in [1.165, 1.54) is 38.5 Å². The van der Waals surface area contributed by atoms with E-state index in [1.807, 2.05) is 20.8 Å². The van der Waals surface area contributed by atoms with Gasteiger partial charge in [0.25, 0.3) is 5.91 Å². The van der Waals surface area contributed by atoms with Crippen LogP contribution < -0.4 is 11.1 Å². The zero-order valence-electron chi connectivity index (χ0n) is 23.9. The molecule has 10 heteroatoms. The van der Waals surface area contributed by atoms with E-state index in [0.29, 0.717) is 41.1 Å². The van der Waals surface area contributed by atoms with Crippen LogP contribution in [-0.4, -0.2) is 41.8 Å². The summed E-state index contributed by atoms with van der Waals surface area (Å²) in [6, 6.07) is 0. The van der Waals surface area contributed by atoms with Gasteiger partial charge >= 0.3 is 0 Å². The highest BCUT2D eigenvalue weighted by Gasteiger charge is 2.43. The predicted molar refractivity (Wildman–Crippen MR) is 154 cm³/mol. The SMILES string of the molecule is CCn1ncc(C(C(=O)Nc2cnc(-c3c(C)n[nH]c3C)cn2)C(C2CCCCC2)C2CCCCC2)c1C(N)=O. The Balaban J connectivity index is 1.52. The van der Waals surface area contributed by atoms with Gasteiger partial charge in [0.15, 0.2) is 5.82 Å². The highest BCUT2D eigenvalue weighted by molar-refractivity contribution is 5.99. The standard InChI is InChI=1S/C30H42N8O2/c1-4-38-28(29(31)39)22(15-34-38)27(26(20-11-7-5-8-12-20)21-13-9-6-10-14-21)30(40)35-24-17-32-23(16-33-24)25-18(2)36-37-19(25)3/h15-17,20-21,26-27H,4-14H2,1-3H3,(H2,31,39)(H,36,37)(H,33,35,40).